The summed E-state index contributed by atoms with van der Waals surface area (Å²) >= 11 is 0. The van der Waals surface area contributed by atoms with Crippen molar-refractivity contribution in [2.45, 2.75) is 0 Å². The van der Waals surface area contributed by atoms with E-state index in [1.807, 2.05) is 0 Å². The summed E-state index contributed by atoms with van der Waals surface area (Å²) in [5, 5.41) is 0. The van der Waals surface area contributed by atoms with Crippen LogP contribution in [0, 0.1) is 6.33 Å². The molecule has 0 aliphatic carbocycles. The number of hydrogen-bond donors (Lipinski definition) is 0. The van der Waals surface area contributed by atoms with Crippen LogP contribution in [0.15, 0.2) is 6.08 Å². The predicted octanol–water partition coefficient (Wildman–Crippen LogP) is 1.49. The van der Waals surface area contributed by atoms with Crippen molar-refractivity contribution >= 4 is 0 Å². The van der Waals surface area contributed by atoms with Gasteiger partial charge in [0.25, 0.3) is 0 Å². The van der Waals surface area contributed by atoms with Crippen LogP contribution in [0.5, 0.6) is 0 Å². The molecule has 0 fully saturated rings. The minimum atomic E-state index is -2.41. The average Bonchev–Trinajstić information content (AvgIpc) is 1.38. The fourth-order valence-electron chi connectivity index (χ4n) is 0. The fourth-order valence-corrected chi connectivity index (χ4v) is 0. The Hall–Kier alpha value is 0.270. The van der Waals surface area contributed by atoms with Crippen molar-refractivity contribution in [2.75, 3.05) is 0 Å². The second-order valence-corrected chi connectivity index (χ2v) is 0.355. The third-order valence-electron chi connectivity index (χ3n) is 0.0714. The monoisotopic (exact) mass is 188 g/mol. The van der Waals surface area contributed by atoms with E-state index in [0.29, 0.717) is 0 Å². The van der Waals surface area contributed by atoms with Gasteiger partial charge in [0.2, 0.25) is 0 Å². The van der Waals surface area contributed by atoms with E-state index in [9.17, 15) is 13.2 Å². The summed E-state index contributed by atoms with van der Waals surface area (Å²) in [4.78, 5) is 0. The number of rotatable bonds is 0. The first kappa shape index (κ1) is 9.55. The van der Waals surface area contributed by atoms with Gasteiger partial charge in [0.05, 0.1) is 0 Å². The summed E-state index contributed by atoms with van der Waals surface area (Å²) in [5.41, 5.74) is 0. The first-order valence-electron chi connectivity index (χ1n) is 0.817. The smallest absolute Gasteiger partial charge is 0.453 e. The molecule has 0 aromatic heterocycles. The molecule has 6 heavy (non-hydrogen) atoms. The van der Waals surface area contributed by atoms with E-state index in [-0.39, 0.29) is 28.7 Å². The van der Waals surface area contributed by atoms with Crippen LogP contribution in [0.4, 0.5) is 13.2 Å². The summed E-state index contributed by atoms with van der Waals surface area (Å²) in [6.45, 7) is 0. The molecule has 0 aliphatic rings. The molecular weight excluding hydrogens is 189 g/mol. The van der Waals surface area contributed by atoms with Crippen LogP contribution in [-0.2, 0) is 22.4 Å². The van der Waals surface area contributed by atoms with E-state index < -0.39 is 6.08 Å². The number of hydrogen-bond acceptors (Lipinski definition) is 0. The molecular formula is C2AgF3. The van der Waals surface area contributed by atoms with Crippen molar-refractivity contribution in [3.63, 3.8) is 0 Å². The van der Waals surface area contributed by atoms with Crippen molar-refractivity contribution in [3.05, 3.63) is 12.4 Å². The molecule has 0 unspecified atom stereocenters. The maximum atomic E-state index is 10.2. The van der Waals surface area contributed by atoms with Crippen LogP contribution >= 0.6 is 0 Å². The first-order valence-corrected chi connectivity index (χ1v) is 0.817. The quantitative estimate of drug-likeness (QED) is 0.400. The van der Waals surface area contributed by atoms with Gasteiger partial charge in [-0.3, -0.25) is 0 Å². The molecule has 0 aromatic rings. The Balaban J connectivity index is 0. The molecule has 0 saturated heterocycles. The van der Waals surface area contributed by atoms with Gasteiger partial charge in [0, 0.05) is 0 Å². The zero-order valence-corrected chi connectivity index (χ0v) is 3.92. The molecule has 0 nitrogen and oxygen atoms in total. The van der Waals surface area contributed by atoms with Crippen LogP contribution in [0.2, 0.25) is 0 Å². The SMILES string of the molecule is F[C-]=C(F)F.[Ag+]. The Morgan fingerprint density at radius 1 is 1.33 bits per heavy atom. The van der Waals surface area contributed by atoms with Crippen LogP contribution in [0.3, 0.4) is 0 Å². The van der Waals surface area contributed by atoms with Crippen molar-refractivity contribution in [1.29, 1.82) is 0 Å². The summed E-state index contributed by atoms with van der Waals surface area (Å²) in [6, 6.07) is 0. The zero-order valence-electron chi connectivity index (χ0n) is 2.44. The molecule has 0 amide bonds. The molecule has 40 valence electrons. The summed E-state index contributed by atoms with van der Waals surface area (Å²) in [5.74, 6) is 0. The molecule has 0 radical (unpaired) electrons. The zero-order chi connectivity index (χ0) is 4.28. The Morgan fingerprint density at radius 2 is 1.50 bits per heavy atom. The summed E-state index contributed by atoms with van der Waals surface area (Å²) < 4.78 is 30.5. The van der Waals surface area contributed by atoms with E-state index >= 15 is 0 Å². The second-order valence-electron chi connectivity index (χ2n) is 0.355. The van der Waals surface area contributed by atoms with Gasteiger partial charge in [-0.25, -0.2) is 15.1 Å². The number of halogens is 3. The standard InChI is InChI=1S/C2F3.Ag/c3-1-2(4)5;/q-1;+1. The van der Waals surface area contributed by atoms with Crippen LogP contribution in [0.25, 0.3) is 0 Å². The average molecular weight is 189 g/mol. The van der Waals surface area contributed by atoms with Gasteiger partial charge in [-0.15, -0.1) is 0 Å². The predicted molar refractivity (Wildman–Crippen MR) is 10.1 cm³/mol. The van der Waals surface area contributed by atoms with Crippen LogP contribution in [0.1, 0.15) is 0 Å². The molecule has 0 saturated carbocycles. The van der Waals surface area contributed by atoms with Crippen molar-refractivity contribution < 1.29 is 35.6 Å². The van der Waals surface area contributed by atoms with E-state index in [2.05, 4.69) is 0 Å². The molecule has 0 spiro atoms. The topological polar surface area (TPSA) is 0 Å². The van der Waals surface area contributed by atoms with Gasteiger partial charge < -0.3 is 4.39 Å². The van der Waals surface area contributed by atoms with E-state index in [0.717, 1.165) is 0 Å². The van der Waals surface area contributed by atoms with Crippen LogP contribution in [-0.4, -0.2) is 0 Å². The normalized spacial score (nSPS) is 5.83. The Labute approximate surface area is 48.5 Å². The molecule has 0 bridgehead atoms. The van der Waals surface area contributed by atoms with Gasteiger partial charge >= 0.3 is 22.4 Å². The van der Waals surface area contributed by atoms with Gasteiger partial charge in [-0.1, -0.05) is 0 Å². The maximum Gasteiger partial charge on any atom is 1.00 e. The van der Waals surface area contributed by atoms with Crippen LogP contribution < -0.4 is 0 Å². The summed E-state index contributed by atoms with van der Waals surface area (Å²) in [6.07, 6.45) is -2.30. The van der Waals surface area contributed by atoms with Crippen molar-refractivity contribution in [2.24, 2.45) is 0 Å². The molecule has 0 aromatic carbocycles. The molecule has 0 atom stereocenters. The van der Waals surface area contributed by atoms with E-state index in [4.69, 9.17) is 0 Å². The fraction of sp³-hybridized carbons (Fsp3) is 0. The third kappa shape index (κ3) is 8.86. The second kappa shape index (κ2) is 5.27. The van der Waals surface area contributed by atoms with Gasteiger partial charge in [0.1, 0.15) is 6.08 Å². The molecule has 0 rings (SSSR count). The molecule has 0 N–H and O–H groups in total. The Bertz CT molecular complexity index is 46.8. The molecule has 4 heteroatoms. The minimum absolute atomic E-state index is 0. The van der Waals surface area contributed by atoms with Gasteiger partial charge in [-0.05, 0) is 0 Å². The van der Waals surface area contributed by atoms with Crippen molar-refractivity contribution in [3.8, 4) is 0 Å². The third-order valence-corrected chi connectivity index (χ3v) is 0.0714. The molecule has 0 aliphatic heterocycles. The first-order chi connectivity index (χ1) is 2.27. The Kier molecular flexibility index (Phi) is 8.39. The van der Waals surface area contributed by atoms with E-state index in [1.165, 1.54) is 0 Å². The largest absolute Gasteiger partial charge is 1.00 e. The summed E-state index contributed by atoms with van der Waals surface area (Å²) in [7, 11) is 0. The van der Waals surface area contributed by atoms with Gasteiger partial charge in [-0.2, -0.15) is 0 Å². The Morgan fingerprint density at radius 3 is 1.50 bits per heavy atom. The van der Waals surface area contributed by atoms with Crippen molar-refractivity contribution in [1.82, 2.24) is 0 Å². The van der Waals surface area contributed by atoms with E-state index in [1.54, 1.807) is 0 Å². The maximum absolute atomic E-state index is 10.2. The minimum Gasteiger partial charge on any atom is -0.453 e. The van der Waals surface area contributed by atoms with Gasteiger partial charge in [0.15, 0.2) is 0 Å². The molecule has 0 heterocycles.